The van der Waals surface area contributed by atoms with E-state index in [1.54, 1.807) is 0 Å². The fourth-order valence-electron chi connectivity index (χ4n) is 2.90. The van der Waals surface area contributed by atoms with Crippen molar-refractivity contribution in [3.63, 3.8) is 0 Å². The molecule has 1 amide bonds. The van der Waals surface area contributed by atoms with E-state index < -0.39 is 0 Å². The SMILES string of the molecule is Cc1ccc(C)c(OCC(=O)Nc2ccc(-c3nc4ccccc4o3)cc2)c1. The second kappa shape index (κ2) is 7.56. The first-order chi connectivity index (χ1) is 13.6. The molecule has 5 nitrogen and oxygen atoms in total. The molecule has 0 bridgehead atoms. The molecular formula is C23H20N2O3. The van der Waals surface area contributed by atoms with Gasteiger partial charge in [-0.3, -0.25) is 4.79 Å². The second-order valence-corrected chi connectivity index (χ2v) is 6.67. The highest BCUT2D eigenvalue weighted by atomic mass is 16.5. The van der Waals surface area contributed by atoms with E-state index in [0.29, 0.717) is 11.6 Å². The third-order valence-electron chi connectivity index (χ3n) is 4.41. The van der Waals surface area contributed by atoms with Gasteiger partial charge in [-0.15, -0.1) is 0 Å². The van der Waals surface area contributed by atoms with E-state index in [1.807, 2.05) is 80.6 Å². The van der Waals surface area contributed by atoms with Crippen molar-refractivity contribution >= 4 is 22.7 Å². The van der Waals surface area contributed by atoms with Gasteiger partial charge in [-0.2, -0.15) is 0 Å². The number of aromatic nitrogens is 1. The molecule has 1 aromatic heterocycles. The number of oxazole rings is 1. The van der Waals surface area contributed by atoms with Crippen LogP contribution in [0.2, 0.25) is 0 Å². The van der Waals surface area contributed by atoms with Crippen molar-refractivity contribution in [3.05, 3.63) is 77.9 Å². The van der Waals surface area contributed by atoms with E-state index in [-0.39, 0.29) is 12.5 Å². The first-order valence-electron chi connectivity index (χ1n) is 9.04. The van der Waals surface area contributed by atoms with Gasteiger partial charge in [0.2, 0.25) is 5.89 Å². The van der Waals surface area contributed by atoms with Crippen LogP contribution in [-0.4, -0.2) is 17.5 Å². The van der Waals surface area contributed by atoms with Crippen LogP contribution >= 0.6 is 0 Å². The zero-order valence-electron chi connectivity index (χ0n) is 15.7. The molecule has 4 rings (SSSR count). The van der Waals surface area contributed by atoms with Gasteiger partial charge in [-0.1, -0.05) is 24.3 Å². The molecule has 1 N–H and O–H groups in total. The minimum absolute atomic E-state index is 0.0445. The van der Waals surface area contributed by atoms with Crippen molar-refractivity contribution in [3.8, 4) is 17.2 Å². The third kappa shape index (κ3) is 3.88. The van der Waals surface area contributed by atoms with E-state index >= 15 is 0 Å². The zero-order chi connectivity index (χ0) is 19.5. The Hall–Kier alpha value is -3.60. The summed E-state index contributed by atoms with van der Waals surface area (Å²) >= 11 is 0. The van der Waals surface area contributed by atoms with Gasteiger partial charge in [-0.25, -0.2) is 4.98 Å². The van der Waals surface area contributed by atoms with Crippen LogP contribution in [0.15, 0.2) is 71.1 Å². The summed E-state index contributed by atoms with van der Waals surface area (Å²) in [6.07, 6.45) is 0. The highest BCUT2D eigenvalue weighted by molar-refractivity contribution is 5.92. The Morgan fingerprint density at radius 1 is 1.04 bits per heavy atom. The van der Waals surface area contributed by atoms with Gasteiger partial charge in [0.1, 0.15) is 11.3 Å². The smallest absolute Gasteiger partial charge is 0.262 e. The number of benzene rings is 3. The molecule has 140 valence electrons. The molecule has 0 fully saturated rings. The molecule has 5 heteroatoms. The third-order valence-corrected chi connectivity index (χ3v) is 4.41. The van der Waals surface area contributed by atoms with Gasteiger partial charge in [0.05, 0.1) is 0 Å². The van der Waals surface area contributed by atoms with Crippen molar-refractivity contribution in [1.29, 1.82) is 0 Å². The van der Waals surface area contributed by atoms with Crippen LogP contribution in [0.1, 0.15) is 11.1 Å². The predicted octanol–water partition coefficient (Wildman–Crippen LogP) is 5.13. The summed E-state index contributed by atoms with van der Waals surface area (Å²) in [7, 11) is 0. The van der Waals surface area contributed by atoms with Gasteiger partial charge >= 0.3 is 0 Å². The predicted molar refractivity (Wildman–Crippen MR) is 109 cm³/mol. The zero-order valence-corrected chi connectivity index (χ0v) is 15.7. The lowest BCUT2D eigenvalue weighted by atomic mass is 10.1. The Labute approximate surface area is 163 Å². The van der Waals surface area contributed by atoms with Gasteiger partial charge < -0.3 is 14.5 Å². The maximum Gasteiger partial charge on any atom is 0.262 e. The molecule has 0 unspecified atom stereocenters. The number of para-hydroxylation sites is 2. The topological polar surface area (TPSA) is 64.4 Å². The number of hydrogen-bond acceptors (Lipinski definition) is 4. The lowest BCUT2D eigenvalue weighted by Crippen LogP contribution is -2.20. The van der Waals surface area contributed by atoms with Crippen LogP contribution in [-0.2, 0) is 4.79 Å². The molecule has 0 aliphatic heterocycles. The molecule has 0 aliphatic rings. The lowest BCUT2D eigenvalue weighted by molar-refractivity contribution is -0.118. The number of anilines is 1. The summed E-state index contributed by atoms with van der Waals surface area (Å²) in [6.45, 7) is 3.90. The highest BCUT2D eigenvalue weighted by Crippen LogP contribution is 2.25. The van der Waals surface area contributed by atoms with Gasteiger partial charge in [0, 0.05) is 11.3 Å². The number of hydrogen-bond donors (Lipinski definition) is 1. The van der Waals surface area contributed by atoms with Gasteiger partial charge in [0.25, 0.3) is 5.91 Å². The van der Waals surface area contributed by atoms with Crippen molar-refractivity contribution in [2.45, 2.75) is 13.8 Å². The molecule has 0 saturated heterocycles. The van der Waals surface area contributed by atoms with Crippen LogP contribution < -0.4 is 10.1 Å². The van der Waals surface area contributed by atoms with E-state index in [1.165, 1.54) is 0 Å². The number of ether oxygens (including phenoxy) is 1. The van der Waals surface area contributed by atoms with Crippen LogP contribution in [0.4, 0.5) is 5.69 Å². The molecule has 28 heavy (non-hydrogen) atoms. The Morgan fingerprint density at radius 3 is 2.61 bits per heavy atom. The minimum atomic E-state index is -0.212. The number of carbonyl (C=O) groups excluding carboxylic acids is 1. The van der Waals surface area contributed by atoms with Crippen LogP contribution in [0.3, 0.4) is 0 Å². The number of carbonyl (C=O) groups is 1. The monoisotopic (exact) mass is 372 g/mol. The van der Waals surface area contributed by atoms with E-state index in [0.717, 1.165) is 33.5 Å². The summed E-state index contributed by atoms with van der Waals surface area (Å²) in [4.78, 5) is 16.7. The maximum atomic E-state index is 12.2. The second-order valence-electron chi connectivity index (χ2n) is 6.67. The average Bonchev–Trinajstić information content (AvgIpc) is 3.13. The first-order valence-corrected chi connectivity index (χ1v) is 9.04. The molecule has 0 spiro atoms. The maximum absolute atomic E-state index is 12.2. The number of fused-ring (bicyclic) bond motifs is 1. The van der Waals surface area contributed by atoms with Gasteiger partial charge in [-0.05, 0) is 67.4 Å². The van der Waals surface area contributed by atoms with Gasteiger partial charge in [0.15, 0.2) is 12.2 Å². The standard InChI is InChI=1S/C23H20N2O3/c1-15-7-8-16(2)21(13-15)27-14-22(26)24-18-11-9-17(10-12-18)23-25-19-5-3-4-6-20(19)28-23/h3-13H,14H2,1-2H3,(H,24,26). The molecule has 3 aromatic carbocycles. The fraction of sp³-hybridized carbons (Fsp3) is 0.130. The highest BCUT2D eigenvalue weighted by Gasteiger charge is 2.09. The van der Waals surface area contributed by atoms with E-state index in [4.69, 9.17) is 9.15 Å². The summed E-state index contributed by atoms with van der Waals surface area (Å²) in [5.74, 6) is 1.06. The average molecular weight is 372 g/mol. The number of amides is 1. The number of rotatable bonds is 5. The number of nitrogens with one attached hydrogen (secondary N) is 1. The summed E-state index contributed by atoms with van der Waals surface area (Å²) < 4.78 is 11.4. The Morgan fingerprint density at radius 2 is 1.82 bits per heavy atom. The van der Waals surface area contributed by atoms with Crippen molar-refractivity contribution in [1.82, 2.24) is 4.98 Å². The summed E-state index contributed by atoms with van der Waals surface area (Å²) in [5, 5.41) is 2.84. The Balaban J connectivity index is 1.40. The van der Waals surface area contributed by atoms with Crippen LogP contribution in [0.25, 0.3) is 22.6 Å². The Kier molecular flexibility index (Phi) is 4.81. The van der Waals surface area contributed by atoms with Crippen molar-refractivity contribution in [2.75, 3.05) is 11.9 Å². The molecule has 0 atom stereocenters. The van der Waals surface area contributed by atoms with E-state index in [9.17, 15) is 4.79 Å². The molecule has 4 aromatic rings. The van der Waals surface area contributed by atoms with Crippen LogP contribution in [0.5, 0.6) is 5.75 Å². The first kappa shape index (κ1) is 17.8. The molecule has 0 radical (unpaired) electrons. The van der Waals surface area contributed by atoms with E-state index in [2.05, 4.69) is 10.3 Å². The van der Waals surface area contributed by atoms with Crippen molar-refractivity contribution in [2.24, 2.45) is 0 Å². The summed E-state index contributed by atoms with van der Waals surface area (Å²) in [5.41, 5.74) is 5.20. The molecule has 0 aliphatic carbocycles. The minimum Gasteiger partial charge on any atom is -0.483 e. The van der Waals surface area contributed by atoms with Crippen molar-refractivity contribution < 1.29 is 13.9 Å². The van der Waals surface area contributed by atoms with Crippen LogP contribution in [0, 0.1) is 13.8 Å². The quantitative estimate of drug-likeness (QED) is 0.527. The summed E-state index contributed by atoms with van der Waals surface area (Å²) in [6, 6.07) is 20.9. The normalized spacial score (nSPS) is 10.8. The molecule has 1 heterocycles. The molecular weight excluding hydrogens is 352 g/mol. The Bertz CT molecular complexity index is 1100. The number of nitrogens with zero attached hydrogens (tertiary/aromatic N) is 1. The fourth-order valence-corrected chi connectivity index (χ4v) is 2.90. The molecule has 0 saturated carbocycles. The largest absolute Gasteiger partial charge is 0.483 e. The number of aryl methyl sites for hydroxylation is 2. The lowest BCUT2D eigenvalue weighted by Gasteiger charge is -2.10.